The molecule has 1 amide bonds. The fourth-order valence-corrected chi connectivity index (χ4v) is 3.85. The Kier molecular flexibility index (Phi) is 6.23. The molecule has 0 fully saturated rings. The van der Waals surface area contributed by atoms with E-state index in [0.29, 0.717) is 28.7 Å². The van der Waals surface area contributed by atoms with Crippen LogP contribution in [-0.4, -0.2) is 11.6 Å². The van der Waals surface area contributed by atoms with Gasteiger partial charge in [0.2, 0.25) is 0 Å². The van der Waals surface area contributed by atoms with Gasteiger partial charge in [0.1, 0.15) is 18.1 Å². The maximum absolute atomic E-state index is 13.5. The van der Waals surface area contributed by atoms with Crippen LogP contribution in [0.1, 0.15) is 16.7 Å². The number of anilines is 1. The second-order valence-corrected chi connectivity index (χ2v) is 8.21. The molecule has 4 aromatic rings. The molecule has 4 aromatic carbocycles. The predicted molar refractivity (Wildman–Crippen MR) is 137 cm³/mol. The van der Waals surface area contributed by atoms with Crippen LogP contribution >= 0.6 is 11.6 Å². The van der Waals surface area contributed by atoms with E-state index in [1.807, 2.05) is 115 Å². The molecule has 5 heteroatoms. The zero-order valence-electron chi connectivity index (χ0n) is 18.3. The van der Waals surface area contributed by atoms with Crippen molar-refractivity contribution in [3.8, 4) is 5.75 Å². The number of para-hydroxylation sites is 2. The number of hydrogen-bond acceptors (Lipinski definition) is 3. The van der Waals surface area contributed by atoms with Crippen molar-refractivity contribution in [2.24, 2.45) is 5.10 Å². The molecule has 4 nitrogen and oxygen atoms in total. The summed E-state index contributed by atoms with van der Waals surface area (Å²) in [7, 11) is 0. The van der Waals surface area contributed by atoms with Gasteiger partial charge >= 0.3 is 0 Å². The predicted octanol–water partition coefficient (Wildman–Crippen LogP) is 6.75. The van der Waals surface area contributed by atoms with Crippen LogP contribution in [0.4, 0.5) is 5.69 Å². The molecule has 5 rings (SSSR count). The third-order valence-electron chi connectivity index (χ3n) is 5.45. The van der Waals surface area contributed by atoms with Gasteiger partial charge in [-0.1, -0.05) is 90.5 Å². The van der Waals surface area contributed by atoms with E-state index in [1.165, 1.54) is 5.01 Å². The normalized spacial score (nSPS) is 14.4. The lowest BCUT2D eigenvalue weighted by Gasteiger charge is -2.12. The number of amides is 1. The highest BCUT2D eigenvalue weighted by atomic mass is 35.5. The van der Waals surface area contributed by atoms with Gasteiger partial charge in [-0.05, 0) is 42.0 Å². The number of benzene rings is 4. The third kappa shape index (κ3) is 4.63. The molecule has 0 N–H and O–H groups in total. The Morgan fingerprint density at radius 1 is 0.794 bits per heavy atom. The van der Waals surface area contributed by atoms with Crippen LogP contribution in [0.3, 0.4) is 0 Å². The summed E-state index contributed by atoms with van der Waals surface area (Å²) in [5, 5.41) is 6.83. The number of halogens is 1. The molecule has 34 heavy (non-hydrogen) atoms. The number of ether oxygens (including phenoxy) is 1. The molecular weight excluding hydrogens is 444 g/mol. The van der Waals surface area contributed by atoms with Gasteiger partial charge in [-0.3, -0.25) is 4.79 Å². The first-order valence-corrected chi connectivity index (χ1v) is 11.3. The number of carbonyl (C=O) groups is 1. The minimum Gasteiger partial charge on any atom is -0.488 e. The first-order chi connectivity index (χ1) is 16.7. The minimum atomic E-state index is -0.183. The first-order valence-electron chi connectivity index (χ1n) is 10.9. The fraction of sp³-hybridized carbons (Fsp3) is 0.0345. The van der Waals surface area contributed by atoms with Crippen LogP contribution in [0.15, 0.2) is 120 Å². The Hall–Kier alpha value is -4.15. The molecule has 0 aliphatic carbocycles. The molecule has 1 aliphatic heterocycles. The minimum absolute atomic E-state index is 0.183. The standard InChI is InChI=1S/C29H21ClN2O2/c30-24-17-15-21(16-18-24)20-34-27-14-8-7-11-23(27)19-26-28(22-9-3-1-4-10-22)31-32(29(26)33)25-12-5-2-6-13-25/h1-19H,20H2/b26-19-. The van der Waals surface area contributed by atoms with Crippen molar-refractivity contribution in [2.45, 2.75) is 6.61 Å². The van der Waals surface area contributed by atoms with Crippen LogP contribution in [0, 0.1) is 0 Å². The Labute approximate surface area is 203 Å². The maximum Gasteiger partial charge on any atom is 0.281 e. The Balaban J connectivity index is 1.51. The number of nitrogens with zero attached hydrogens (tertiary/aromatic N) is 2. The fourth-order valence-electron chi connectivity index (χ4n) is 3.73. The SMILES string of the molecule is O=C1/C(=C\c2ccccc2OCc2ccc(Cl)cc2)C(c2ccccc2)=NN1c1ccccc1. The van der Waals surface area contributed by atoms with Crippen molar-refractivity contribution in [3.05, 3.63) is 136 Å². The number of hydrazone groups is 1. The number of rotatable bonds is 6. The summed E-state index contributed by atoms with van der Waals surface area (Å²) in [6, 6.07) is 34.4. The topological polar surface area (TPSA) is 41.9 Å². The van der Waals surface area contributed by atoms with E-state index >= 15 is 0 Å². The molecule has 1 heterocycles. The lowest BCUT2D eigenvalue weighted by atomic mass is 10.00. The maximum atomic E-state index is 13.5. The van der Waals surface area contributed by atoms with Gasteiger partial charge in [0, 0.05) is 16.1 Å². The molecule has 0 aromatic heterocycles. The molecule has 0 saturated carbocycles. The lowest BCUT2D eigenvalue weighted by Crippen LogP contribution is -2.21. The molecule has 0 spiro atoms. The summed E-state index contributed by atoms with van der Waals surface area (Å²) in [6.45, 7) is 0.390. The van der Waals surface area contributed by atoms with Gasteiger partial charge < -0.3 is 4.74 Å². The van der Waals surface area contributed by atoms with Gasteiger partial charge in [-0.25, -0.2) is 0 Å². The van der Waals surface area contributed by atoms with Crippen LogP contribution in [0.5, 0.6) is 5.75 Å². The molecule has 1 aliphatic rings. The van der Waals surface area contributed by atoms with Crippen molar-refractivity contribution in [2.75, 3.05) is 5.01 Å². The summed E-state index contributed by atoms with van der Waals surface area (Å²) in [5.74, 6) is 0.501. The highest BCUT2D eigenvalue weighted by Crippen LogP contribution is 2.30. The largest absolute Gasteiger partial charge is 0.488 e. The highest BCUT2D eigenvalue weighted by molar-refractivity contribution is 6.37. The number of carbonyl (C=O) groups excluding carboxylic acids is 1. The van der Waals surface area contributed by atoms with E-state index in [1.54, 1.807) is 0 Å². The zero-order valence-corrected chi connectivity index (χ0v) is 19.0. The molecule has 0 radical (unpaired) electrons. The Bertz CT molecular complexity index is 1360. The molecule has 0 saturated heterocycles. The molecule has 166 valence electrons. The van der Waals surface area contributed by atoms with E-state index in [0.717, 1.165) is 22.4 Å². The van der Waals surface area contributed by atoms with Crippen LogP contribution in [0.2, 0.25) is 5.02 Å². The van der Waals surface area contributed by atoms with Crippen molar-refractivity contribution in [3.63, 3.8) is 0 Å². The van der Waals surface area contributed by atoms with E-state index in [-0.39, 0.29) is 5.91 Å². The Morgan fingerprint density at radius 3 is 2.18 bits per heavy atom. The van der Waals surface area contributed by atoms with Gasteiger partial charge in [-0.2, -0.15) is 10.1 Å². The van der Waals surface area contributed by atoms with Gasteiger partial charge in [0.15, 0.2) is 0 Å². The summed E-state index contributed by atoms with van der Waals surface area (Å²) >= 11 is 5.99. The van der Waals surface area contributed by atoms with Gasteiger partial charge in [-0.15, -0.1) is 0 Å². The number of hydrogen-bond donors (Lipinski definition) is 0. The van der Waals surface area contributed by atoms with Gasteiger partial charge in [0.05, 0.1) is 11.3 Å². The van der Waals surface area contributed by atoms with Gasteiger partial charge in [0.25, 0.3) is 5.91 Å². The second kappa shape index (κ2) is 9.77. The summed E-state index contributed by atoms with van der Waals surface area (Å²) < 4.78 is 6.11. The van der Waals surface area contributed by atoms with Crippen molar-refractivity contribution in [1.82, 2.24) is 0 Å². The van der Waals surface area contributed by atoms with E-state index in [4.69, 9.17) is 21.4 Å². The third-order valence-corrected chi connectivity index (χ3v) is 5.70. The van der Waals surface area contributed by atoms with Crippen LogP contribution in [-0.2, 0) is 11.4 Å². The van der Waals surface area contributed by atoms with Crippen molar-refractivity contribution >= 4 is 35.0 Å². The first kappa shape index (κ1) is 21.7. The average molecular weight is 465 g/mol. The summed E-state index contributed by atoms with van der Waals surface area (Å²) in [5.41, 5.74) is 4.54. The monoisotopic (exact) mass is 464 g/mol. The average Bonchev–Trinajstić information content (AvgIpc) is 3.21. The summed E-state index contributed by atoms with van der Waals surface area (Å²) in [4.78, 5) is 13.5. The second-order valence-electron chi connectivity index (χ2n) is 7.78. The summed E-state index contributed by atoms with van der Waals surface area (Å²) in [6.07, 6.45) is 1.86. The van der Waals surface area contributed by atoms with E-state index < -0.39 is 0 Å². The van der Waals surface area contributed by atoms with Crippen molar-refractivity contribution in [1.29, 1.82) is 0 Å². The molecular formula is C29H21ClN2O2. The zero-order chi connectivity index (χ0) is 23.3. The van der Waals surface area contributed by atoms with Crippen molar-refractivity contribution < 1.29 is 9.53 Å². The molecule has 0 unspecified atom stereocenters. The molecule has 0 bridgehead atoms. The van der Waals surface area contributed by atoms with E-state index in [2.05, 4.69) is 0 Å². The highest BCUT2D eigenvalue weighted by Gasteiger charge is 2.32. The van der Waals surface area contributed by atoms with Crippen LogP contribution < -0.4 is 9.75 Å². The molecule has 0 atom stereocenters. The Morgan fingerprint density at radius 2 is 1.44 bits per heavy atom. The lowest BCUT2D eigenvalue weighted by molar-refractivity contribution is -0.114. The quantitative estimate of drug-likeness (QED) is 0.296. The van der Waals surface area contributed by atoms with E-state index in [9.17, 15) is 4.79 Å². The smallest absolute Gasteiger partial charge is 0.281 e. The van der Waals surface area contributed by atoms with Crippen LogP contribution in [0.25, 0.3) is 6.08 Å².